The SMILES string of the molecule is CC[C@H](C)[C@H](NC(=O)c1cc(S(=O)(=O)N2CCCCC2)cn1C)C(=O)O. The molecular formula is C17H27N3O5S. The lowest BCUT2D eigenvalue weighted by Crippen LogP contribution is -2.45. The van der Waals surface area contributed by atoms with Crippen molar-refractivity contribution in [2.75, 3.05) is 13.1 Å². The maximum atomic E-state index is 12.7. The summed E-state index contributed by atoms with van der Waals surface area (Å²) in [5, 5.41) is 11.8. The van der Waals surface area contributed by atoms with Crippen LogP contribution in [0.1, 0.15) is 50.0 Å². The highest BCUT2D eigenvalue weighted by molar-refractivity contribution is 7.89. The molecule has 1 aromatic rings. The summed E-state index contributed by atoms with van der Waals surface area (Å²) in [6.07, 6.45) is 4.67. The summed E-state index contributed by atoms with van der Waals surface area (Å²) < 4.78 is 28.3. The van der Waals surface area contributed by atoms with Crippen molar-refractivity contribution < 1.29 is 23.1 Å². The standard InChI is InChI=1S/C17H27N3O5S/c1-4-12(2)15(17(22)23)18-16(21)14-10-13(11-19(14)3)26(24,25)20-8-6-5-7-9-20/h10-12,15H,4-9H2,1-3H3,(H,18,21)(H,22,23)/t12-,15-/m0/s1. The molecule has 0 radical (unpaired) electrons. The van der Waals surface area contributed by atoms with Crippen molar-refractivity contribution in [2.45, 2.75) is 50.5 Å². The summed E-state index contributed by atoms with van der Waals surface area (Å²) in [5.41, 5.74) is 0.120. The molecule has 2 N–H and O–H groups in total. The van der Waals surface area contributed by atoms with Crippen LogP contribution in [0.25, 0.3) is 0 Å². The third-order valence-electron chi connectivity index (χ3n) is 4.93. The van der Waals surface area contributed by atoms with Gasteiger partial charge in [0, 0.05) is 26.3 Å². The number of aryl methyl sites for hydroxylation is 1. The van der Waals surface area contributed by atoms with E-state index in [2.05, 4.69) is 5.32 Å². The van der Waals surface area contributed by atoms with E-state index in [-0.39, 0.29) is 16.5 Å². The van der Waals surface area contributed by atoms with Crippen molar-refractivity contribution in [2.24, 2.45) is 13.0 Å². The van der Waals surface area contributed by atoms with Crippen LogP contribution in [0.3, 0.4) is 0 Å². The lowest BCUT2D eigenvalue weighted by molar-refractivity contribution is -0.140. The van der Waals surface area contributed by atoms with E-state index in [1.165, 1.54) is 21.1 Å². The fourth-order valence-electron chi connectivity index (χ4n) is 3.05. The van der Waals surface area contributed by atoms with Gasteiger partial charge in [-0.1, -0.05) is 26.7 Å². The molecule has 0 aliphatic carbocycles. The van der Waals surface area contributed by atoms with E-state index in [1.54, 1.807) is 14.0 Å². The molecule has 1 saturated heterocycles. The first-order valence-electron chi connectivity index (χ1n) is 8.88. The number of carbonyl (C=O) groups is 2. The Morgan fingerprint density at radius 2 is 1.88 bits per heavy atom. The van der Waals surface area contributed by atoms with E-state index in [1.807, 2.05) is 6.92 Å². The van der Waals surface area contributed by atoms with Gasteiger partial charge in [0.1, 0.15) is 16.6 Å². The van der Waals surface area contributed by atoms with Crippen LogP contribution in [0.4, 0.5) is 0 Å². The van der Waals surface area contributed by atoms with Crippen LogP contribution < -0.4 is 5.32 Å². The Morgan fingerprint density at radius 1 is 1.27 bits per heavy atom. The van der Waals surface area contributed by atoms with Crippen LogP contribution >= 0.6 is 0 Å². The Hall–Kier alpha value is -1.87. The van der Waals surface area contributed by atoms with Crippen molar-refractivity contribution in [3.05, 3.63) is 18.0 Å². The average Bonchev–Trinajstić information content (AvgIpc) is 3.02. The molecule has 0 unspecified atom stereocenters. The summed E-state index contributed by atoms with van der Waals surface area (Å²) >= 11 is 0. The maximum Gasteiger partial charge on any atom is 0.326 e. The molecule has 0 aromatic carbocycles. The number of carboxylic acid groups (broad SMARTS) is 1. The molecule has 8 nitrogen and oxygen atoms in total. The smallest absolute Gasteiger partial charge is 0.326 e. The number of amides is 1. The molecule has 1 aliphatic rings. The Kier molecular flexibility index (Phi) is 6.46. The molecule has 0 bridgehead atoms. The number of carboxylic acids is 1. The molecule has 2 atom stereocenters. The van der Waals surface area contributed by atoms with Gasteiger partial charge in [-0.05, 0) is 24.8 Å². The van der Waals surface area contributed by atoms with E-state index in [0.29, 0.717) is 19.5 Å². The highest BCUT2D eigenvalue weighted by Gasteiger charge is 2.30. The number of aromatic nitrogens is 1. The van der Waals surface area contributed by atoms with Gasteiger partial charge in [-0.25, -0.2) is 13.2 Å². The van der Waals surface area contributed by atoms with Gasteiger partial charge in [0.25, 0.3) is 5.91 Å². The topological polar surface area (TPSA) is 109 Å². The third-order valence-corrected chi connectivity index (χ3v) is 6.79. The molecular weight excluding hydrogens is 358 g/mol. The van der Waals surface area contributed by atoms with Gasteiger partial charge >= 0.3 is 5.97 Å². The van der Waals surface area contributed by atoms with Crippen LogP contribution in [-0.4, -0.2) is 53.4 Å². The summed E-state index contributed by atoms with van der Waals surface area (Å²) in [4.78, 5) is 24.0. The first-order valence-corrected chi connectivity index (χ1v) is 10.3. The second-order valence-electron chi connectivity index (χ2n) is 6.81. The Morgan fingerprint density at radius 3 is 2.42 bits per heavy atom. The van der Waals surface area contributed by atoms with E-state index in [9.17, 15) is 23.1 Å². The van der Waals surface area contributed by atoms with Gasteiger partial charge in [0.05, 0.1) is 0 Å². The van der Waals surface area contributed by atoms with Gasteiger partial charge in [-0.2, -0.15) is 4.31 Å². The van der Waals surface area contributed by atoms with Crippen LogP contribution in [0, 0.1) is 5.92 Å². The highest BCUT2D eigenvalue weighted by Crippen LogP contribution is 2.22. The molecule has 1 aliphatic heterocycles. The molecule has 1 amide bonds. The fraction of sp³-hybridized carbons (Fsp3) is 0.647. The number of aliphatic carboxylic acids is 1. The van der Waals surface area contributed by atoms with Gasteiger partial charge in [0.2, 0.25) is 10.0 Å². The van der Waals surface area contributed by atoms with Crippen molar-refractivity contribution in [1.29, 1.82) is 0 Å². The van der Waals surface area contributed by atoms with Crippen LogP contribution in [0.15, 0.2) is 17.2 Å². The minimum Gasteiger partial charge on any atom is -0.480 e. The van der Waals surface area contributed by atoms with Crippen LogP contribution in [-0.2, 0) is 21.9 Å². The quantitative estimate of drug-likeness (QED) is 0.738. The Bertz CT molecular complexity index is 765. The minimum absolute atomic E-state index is 0.0578. The second-order valence-corrected chi connectivity index (χ2v) is 8.75. The highest BCUT2D eigenvalue weighted by atomic mass is 32.2. The summed E-state index contributed by atoms with van der Waals surface area (Å²) in [6, 6.07) is 0.291. The number of rotatable bonds is 7. The first-order chi connectivity index (χ1) is 12.2. The molecule has 0 spiro atoms. The molecule has 1 fully saturated rings. The lowest BCUT2D eigenvalue weighted by Gasteiger charge is -2.25. The van der Waals surface area contributed by atoms with Gasteiger partial charge in [-0.3, -0.25) is 4.79 Å². The Labute approximate surface area is 154 Å². The lowest BCUT2D eigenvalue weighted by atomic mass is 9.99. The molecule has 1 aromatic heterocycles. The molecule has 26 heavy (non-hydrogen) atoms. The zero-order chi connectivity index (χ0) is 19.5. The number of hydrogen-bond donors (Lipinski definition) is 2. The summed E-state index contributed by atoms with van der Waals surface area (Å²) in [6.45, 7) is 4.55. The molecule has 2 rings (SSSR count). The Balaban J connectivity index is 2.23. The van der Waals surface area contributed by atoms with E-state index >= 15 is 0 Å². The zero-order valence-corrected chi connectivity index (χ0v) is 16.3. The van der Waals surface area contributed by atoms with E-state index < -0.39 is 27.9 Å². The second kappa shape index (κ2) is 8.22. The van der Waals surface area contributed by atoms with E-state index in [0.717, 1.165) is 19.3 Å². The number of hydrogen-bond acceptors (Lipinski definition) is 4. The third kappa shape index (κ3) is 4.27. The number of carbonyl (C=O) groups excluding carboxylic acids is 1. The van der Waals surface area contributed by atoms with Gasteiger partial charge in [0.15, 0.2) is 0 Å². The largest absolute Gasteiger partial charge is 0.480 e. The molecule has 2 heterocycles. The van der Waals surface area contributed by atoms with Crippen molar-refractivity contribution in [1.82, 2.24) is 14.2 Å². The fourth-order valence-corrected chi connectivity index (χ4v) is 4.64. The number of nitrogens with zero attached hydrogens (tertiary/aromatic N) is 2. The van der Waals surface area contributed by atoms with Crippen molar-refractivity contribution in [3.8, 4) is 0 Å². The number of piperidine rings is 1. The van der Waals surface area contributed by atoms with Crippen molar-refractivity contribution in [3.63, 3.8) is 0 Å². The molecule has 146 valence electrons. The van der Waals surface area contributed by atoms with Crippen molar-refractivity contribution >= 4 is 21.9 Å². The minimum atomic E-state index is -3.65. The molecule has 0 saturated carbocycles. The predicted molar refractivity (Wildman–Crippen MR) is 96.4 cm³/mol. The predicted octanol–water partition coefficient (Wildman–Crippen LogP) is 1.43. The first kappa shape index (κ1) is 20.4. The maximum absolute atomic E-state index is 12.7. The number of nitrogens with one attached hydrogen (secondary N) is 1. The monoisotopic (exact) mass is 385 g/mol. The summed E-state index contributed by atoms with van der Waals surface area (Å²) in [5.74, 6) is -1.95. The van der Waals surface area contributed by atoms with Crippen LogP contribution in [0.5, 0.6) is 0 Å². The zero-order valence-electron chi connectivity index (χ0n) is 15.4. The summed E-state index contributed by atoms with van der Waals surface area (Å²) in [7, 11) is -2.07. The van der Waals surface area contributed by atoms with Crippen LogP contribution in [0.2, 0.25) is 0 Å². The number of sulfonamides is 1. The van der Waals surface area contributed by atoms with Gasteiger partial charge in [-0.15, -0.1) is 0 Å². The van der Waals surface area contributed by atoms with E-state index in [4.69, 9.17) is 0 Å². The molecule has 9 heteroatoms. The average molecular weight is 385 g/mol. The van der Waals surface area contributed by atoms with Gasteiger partial charge < -0.3 is 15.0 Å². The normalized spacial score (nSPS) is 18.3.